The van der Waals surface area contributed by atoms with Crippen LogP contribution in [0.4, 0.5) is 33.6 Å². The predicted molar refractivity (Wildman–Crippen MR) is 107 cm³/mol. The minimum atomic E-state index is -4.41. The van der Waals surface area contributed by atoms with Gasteiger partial charge in [0, 0.05) is 32.4 Å². The van der Waals surface area contributed by atoms with Crippen molar-refractivity contribution >= 4 is 22.8 Å². The van der Waals surface area contributed by atoms with Gasteiger partial charge in [-0.3, -0.25) is 0 Å². The van der Waals surface area contributed by atoms with Gasteiger partial charge in [0.05, 0.1) is 18.0 Å². The van der Waals surface area contributed by atoms with Gasteiger partial charge in [0.2, 0.25) is 0 Å². The minimum Gasteiger partial charge on any atom is -0.356 e. The molecule has 12 heteroatoms. The fourth-order valence-electron chi connectivity index (χ4n) is 4.56. The fourth-order valence-corrected chi connectivity index (χ4v) is 4.56. The highest BCUT2D eigenvalue weighted by Gasteiger charge is 2.38. The van der Waals surface area contributed by atoms with Crippen molar-refractivity contribution in [2.24, 2.45) is 11.8 Å². The number of aromatic nitrogens is 5. The van der Waals surface area contributed by atoms with E-state index >= 15 is 0 Å². The topological polar surface area (TPSA) is 63.0 Å². The summed E-state index contributed by atoms with van der Waals surface area (Å²) in [5, 5.41) is 3.95. The Morgan fingerprint density at radius 3 is 2.44 bits per heavy atom. The average molecular weight is 453 g/mol. The van der Waals surface area contributed by atoms with Crippen molar-refractivity contribution in [2.45, 2.75) is 25.6 Å². The number of hydrogen-bond acceptors (Lipinski definition) is 6. The third kappa shape index (κ3) is 3.93. The quantitative estimate of drug-likeness (QED) is 0.564. The van der Waals surface area contributed by atoms with E-state index in [4.69, 9.17) is 0 Å². The van der Waals surface area contributed by atoms with E-state index in [1.807, 2.05) is 4.90 Å². The lowest BCUT2D eigenvalue weighted by molar-refractivity contribution is -0.137. The van der Waals surface area contributed by atoms with Crippen LogP contribution < -0.4 is 9.80 Å². The largest absolute Gasteiger partial charge is 0.417 e. The molecule has 0 bridgehead atoms. The molecule has 0 amide bonds. The van der Waals surface area contributed by atoms with Crippen LogP contribution in [0.1, 0.15) is 12.0 Å². The molecule has 7 nitrogen and oxygen atoms in total. The smallest absolute Gasteiger partial charge is 0.356 e. The summed E-state index contributed by atoms with van der Waals surface area (Å²) in [4.78, 5) is 17.0. The Morgan fingerprint density at radius 1 is 0.938 bits per heavy atom. The number of halogens is 5. The Morgan fingerprint density at radius 2 is 1.72 bits per heavy atom. The van der Waals surface area contributed by atoms with Crippen molar-refractivity contribution < 1.29 is 22.0 Å². The molecule has 0 aromatic carbocycles. The van der Waals surface area contributed by atoms with E-state index in [0.29, 0.717) is 48.4 Å². The molecule has 5 rings (SSSR count). The van der Waals surface area contributed by atoms with Crippen molar-refractivity contribution in [1.29, 1.82) is 0 Å². The molecule has 0 N–H and O–H groups in total. The van der Waals surface area contributed by atoms with Crippen molar-refractivity contribution in [3.05, 3.63) is 36.3 Å². The SMILES string of the molecule is FC(F)Cn1ncc2ncc(N3C[C@@H]4CCN(c5ccc(C(F)(F)F)cn5)C[C@H]4C3)nc21. The first kappa shape index (κ1) is 20.8. The summed E-state index contributed by atoms with van der Waals surface area (Å²) in [6.45, 7) is 2.31. The Bertz CT molecular complexity index is 1100. The zero-order valence-electron chi connectivity index (χ0n) is 16.9. The Kier molecular flexibility index (Phi) is 5.09. The van der Waals surface area contributed by atoms with Crippen LogP contribution in [0, 0.1) is 11.8 Å². The van der Waals surface area contributed by atoms with Crippen molar-refractivity contribution in [2.75, 3.05) is 36.0 Å². The second kappa shape index (κ2) is 7.82. The van der Waals surface area contributed by atoms with E-state index in [-0.39, 0.29) is 5.92 Å². The third-order valence-corrected chi connectivity index (χ3v) is 6.17. The molecule has 0 radical (unpaired) electrons. The van der Waals surface area contributed by atoms with Gasteiger partial charge < -0.3 is 9.80 Å². The van der Waals surface area contributed by atoms with Crippen molar-refractivity contribution in [3.8, 4) is 0 Å². The molecular weight excluding hydrogens is 433 g/mol. The van der Waals surface area contributed by atoms with Gasteiger partial charge in [0.1, 0.15) is 23.7 Å². The summed E-state index contributed by atoms with van der Waals surface area (Å²) in [6.07, 6.45) is -2.14. The molecule has 2 saturated heterocycles. The number of rotatable bonds is 4. The zero-order chi connectivity index (χ0) is 22.5. The van der Waals surface area contributed by atoms with Gasteiger partial charge in [-0.25, -0.2) is 28.4 Å². The molecule has 2 aliphatic heterocycles. The molecule has 0 saturated carbocycles. The van der Waals surface area contributed by atoms with Crippen molar-refractivity contribution in [1.82, 2.24) is 24.7 Å². The lowest BCUT2D eigenvalue weighted by Gasteiger charge is -2.35. The first-order valence-corrected chi connectivity index (χ1v) is 10.3. The number of fused-ring (bicyclic) bond motifs is 2. The van der Waals surface area contributed by atoms with E-state index in [1.54, 1.807) is 6.20 Å². The monoisotopic (exact) mass is 453 g/mol. The number of pyridine rings is 1. The number of hydrogen-bond donors (Lipinski definition) is 0. The summed E-state index contributed by atoms with van der Waals surface area (Å²) >= 11 is 0. The normalized spacial score (nSPS) is 21.6. The number of anilines is 2. The lowest BCUT2D eigenvalue weighted by atomic mass is 9.89. The van der Waals surface area contributed by atoms with Gasteiger partial charge in [-0.2, -0.15) is 18.3 Å². The van der Waals surface area contributed by atoms with Crippen LogP contribution in [0.5, 0.6) is 0 Å². The molecule has 5 heterocycles. The van der Waals surface area contributed by atoms with Crippen LogP contribution in [-0.4, -0.2) is 57.3 Å². The van der Waals surface area contributed by atoms with E-state index in [9.17, 15) is 22.0 Å². The van der Waals surface area contributed by atoms with E-state index < -0.39 is 24.7 Å². The molecule has 170 valence electrons. The molecule has 0 spiro atoms. The van der Waals surface area contributed by atoms with Gasteiger partial charge in [-0.15, -0.1) is 0 Å². The fraction of sp³-hybridized carbons (Fsp3) is 0.500. The molecule has 2 atom stereocenters. The number of alkyl halides is 5. The molecule has 3 aromatic heterocycles. The highest BCUT2D eigenvalue weighted by Crippen LogP contribution is 2.35. The van der Waals surface area contributed by atoms with Gasteiger partial charge >= 0.3 is 6.18 Å². The second-order valence-corrected chi connectivity index (χ2v) is 8.22. The van der Waals surface area contributed by atoms with Gasteiger partial charge in [-0.05, 0) is 30.4 Å². The maximum absolute atomic E-state index is 12.8. The van der Waals surface area contributed by atoms with E-state index in [0.717, 1.165) is 29.9 Å². The highest BCUT2D eigenvalue weighted by atomic mass is 19.4. The zero-order valence-corrected chi connectivity index (χ0v) is 16.9. The highest BCUT2D eigenvalue weighted by molar-refractivity contribution is 5.71. The number of piperidine rings is 1. The van der Waals surface area contributed by atoms with Crippen LogP contribution in [0.25, 0.3) is 11.2 Å². The summed E-state index contributed by atoms with van der Waals surface area (Å²) in [5.41, 5.74) is 0.0297. The standard InChI is InChI=1S/C20H20F5N7/c21-16(22)11-32-19-15(6-28-32)26-7-18(29-19)31-8-12-3-4-30(9-13(12)10-31)17-2-1-14(5-27-17)20(23,24)25/h1-2,5-7,12-13,16H,3-4,8-11H2/t12-,13-/m0/s1. The maximum atomic E-state index is 12.8. The summed E-state index contributed by atoms with van der Waals surface area (Å²) in [6, 6.07) is 2.47. The number of nitrogens with zero attached hydrogens (tertiary/aromatic N) is 7. The first-order chi connectivity index (χ1) is 15.3. The van der Waals surface area contributed by atoms with Crippen LogP contribution in [-0.2, 0) is 12.7 Å². The van der Waals surface area contributed by atoms with Gasteiger partial charge in [0.25, 0.3) is 6.43 Å². The Balaban J connectivity index is 1.30. The summed E-state index contributed by atoms with van der Waals surface area (Å²) < 4.78 is 65.1. The predicted octanol–water partition coefficient (Wildman–Crippen LogP) is 3.47. The molecule has 3 aromatic rings. The van der Waals surface area contributed by atoms with Gasteiger partial charge in [-0.1, -0.05) is 0 Å². The summed E-state index contributed by atoms with van der Waals surface area (Å²) in [5.74, 6) is 1.84. The van der Waals surface area contributed by atoms with Crippen LogP contribution in [0.2, 0.25) is 0 Å². The van der Waals surface area contributed by atoms with Crippen molar-refractivity contribution in [3.63, 3.8) is 0 Å². The average Bonchev–Trinajstić information content (AvgIpc) is 3.36. The van der Waals surface area contributed by atoms with Crippen LogP contribution in [0.15, 0.2) is 30.7 Å². The Labute approximate surface area is 179 Å². The lowest BCUT2D eigenvalue weighted by Crippen LogP contribution is -2.40. The molecule has 32 heavy (non-hydrogen) atoms. The van der Waals surface area contributed by atoms with E-state index in [1.165, 1.54) is 12.3 Å². The van der Waals surface area contributed by atoms with Gasteiger partial charge in [0.15, 0.2) is 5.65 Å². The molecule has 0 aliphatic carbocycles. The van der Waals surface area contributed by atoms with Crippen LogP contribution >= 0.6 is 0 Å². The summed E-state index contributed by atoms with van der Waals surface area (Å²) in [7, 11) is 0. The maximum Gasteiger partial charge on any atom is 0.417 e. The van der Waals surface area contributed by atoms with E-state index in [2.05, 4.69) is 25.0 Å². The molecule has 0 unspecified atom stereocenters. The molecule has 2 fully saturated rings. The molecule has 2 aliphatic rings. The van der Waals surface area contributed by atoms with Crippen LogP contribution in [0.3, 0.4) is 0 Å². The minimum absolute atomic E-state index is 0.288. The third-order valence-electron chi connectivity index (χ3n) is 6.17. The second-order valence-electron chi connectivity index (χ2n) is 8.22. The Hall–Kier alpha value is -3.05. The first-order valence-electron chi connectivity index (χ1n) is 10.3. The molecular formula is C20H20F5N7.